The first kappa shape index (κ1) is 26.6. The Balaban J connectivity index is 1.82. The van der Waals surface area contributed by atoms with Crippen molar-refractivity contribution in [1.82, 2.24) is 14.7 Å². The summed E-state index contributed by atoms with van der Waals surface area (Å²) in [5.41, 5.74) is 2.93. The van der Waals surface area contributed by atoms with Crippen LogP contribution >= 0.6 is 23.2 Å². The van der Waals surface area contributed by atoms with Crippen molar-refractivity contribution in [1.29, 1.82) is 0 Å². The number of nitrogens with zero attached hydrogens (tertiary/aromatic N) is 3. The van der Waals surface area contributed by atoms with E-state index in [4.69, 9.17) is 28.3 Å². The number of carbonyl (C=O) groups excluding carboxylic acids is 2. The molecule has 2 aromatic carbocycles. The molecule has 1 heterocycles. The van der Waals surface area contributed by atoms with Crippen LogP contribution in [0.5, 0.6) is 0 Å². The SMILES string of the molecule is CCCN(CC(=O)Nc1cc(C(C)(C)C)nn1-c1ccc(Cl)c(Cl)c1)C(=O)Nc1cccc(C)c1. The van der Waals surface area contributed by atoms with E-state index >= 15 is 0 Å². The first-order valence-electron chi connectivity index (χ1n) is 11.5. The van der Waals surface area contributed by atoms with E-state index in [9.17, 15) is 9.59 Å². The molecule has 2 N–H and O–H groups in total. The maximum absolute atomic E-state index is 13.1. The maximum Gasteiger partial charge on any atom is 0.322 e. The number of urea groups is 1. The van der Waals surface area contributed by atoms with E-state index in [0.717, 1.165) is 11.3 Å². The van der Waals surface area contributed by atoms with Gasteiger partial charge in [0.1, 0.15) is 12.4 Å². The van der Waals surface area contributed by atoms with Crippen molar-refractivity contribution >= 4 is 46.6 Å². The zero-order valence-corrected chi connectivity index (χ0v) is 22.2. The van der Waals surface area contributed by atoms with Crippen LogP contribution < -0.4 is 10.6 Å². The summed E-state index contributed by atoms with van der Waals surface area (Å²) in [4.78, 5) is 27.4. The smallest absolute Gasteiger partial charge is 0.315 e. The normalized spacial score (nSPS) is 11.3. The van der Waals surface area contributed by atoms with Gasteiger partial charge in [-0.25, -0.2) is 9.48 Å². The van der Waals surface area contributed by atoms with Gasteiger partial charge in [-0.15, -0.1) is 0 Å². The molecule has 0 atom stereocenters. The second kappa shape index (κ2) is 11.1. The van der Waals surface area contributed by atoms with Crippen molar-refractivity contribution in [3.05, 3.63) is 69.8 Å². The lowest BCUT2D eigenvalue weighted by molar-refractivity contribution is -0.116. The van der Waals surface area contributed by atoms with Crippen molar-refractivity contribution in [2.45, 2.75) is 46.5 Å². The topological polar surface area (TPSA) is 79.3 Å². The summed E-state index contributed by atoms with van der Waals surface area (Å²) in [5, 5.41) is 11.3. The van der Waals surface area contributed by atoms with Crippen molar-refractivity contribution in [3.8, 4) is 5.69 Å². The van der Waals surface area contributed by atoms with Crippen LogP contribution in [-0.4, -0.2) is 39.7 Å². The van der Waals surface area contributed by atoms with Gasteiger partial charge in [0.2, 0.25) is 5.91 Å². The Morgan fingerprint density at radius 1 is 1.03 bits per heavy atom. The molecule has 7 nitrogen and oxygen atoms in total. The third-order valence-electron chi connectivity index (χ3n) is 5.28. The largest absolute Gasteiger partial charge is 0.322 e. The molecule has 3 rings (SSSR count). The number of carbonyl (C=O) groups is 2. The Bertz CT molecular complexity index is 1220. The second-order valence-electron chi connectivity index (χ2n) is 9.44. The molecule has 0 fully saturated rings. The molecule has 0 aliphatic carbocycles. The van der Waals surface area contributed by atoms with Gasteiger partial charge in [0.25, 0.3) is 0 Å². The summed E-state index contributed by atoms with van der Waals surface area (Å²) in [7, 11) is 0. The molecule has 35 heavy (non-hydrogen) atoms. The van der Waals surface area contributed by atoms with Crippen LogP contribution in [0.25, 0.3) is 5.69 Å². The molecule has 0 unspecified atom stereocenters. The van der Waals surface area contributed by atoms with E-state index in [0.29, 0.717) is 40.2 Å². The van der Waals surface area contributed by atoms with Gasteiger partial charge in [0.05, 0.1) is 21.4 Å². The molecule has 0 aliphatic heterocycles. The molecule has 9 heteroatoms. The lowest BCUT2D eigenvalue weighted by atomic mass is 9.92. The highest BCUT2D eigenvalue weighted by Crippen LogP contribution is 2.29. The van der Waals surface area contributed by atoms with Gasteiger partial charge in [0, 0.05) is 23.7 Å². The highest BCUT2D eigenvalue weighted by molar-refractivity contribution is 6.42. The van der Waals surface area contributed by atoms with Gasteiger partial charge in [-0.05, 0) is 49.2 Å². The van der Waals surface area contributed by atoms with Crippen LogP contribution in [0.1, 0.15) is 45.4 Å². The lowest BCUT2D eigenvalue weighted by Crippen LogP contribution is -2.41. The first-order valence-corrected chi connectivity index (χ1v) is 12.2. The van der Waals surface area contributed by atoms with Crippen LogP contribution in [0.2, 0.25) is 10.0 Å². The lowest BCUT2D eigenvalue weighted by Gasteiger charge is -2.22. The Morgan fingerprint density at radius 2 is 1.77 bits per heavy atom. The molecule has 0 bridgehead atoms. The number of hydrogen-bond donors (Lipinski definition) is 2. The highest BCUT2D eigenvalue weighted by atomic mass is 35.5. The Labute approximate surface area is 216 Å². The Kier molecular flexibility index (Phi) is 8.46. The molecular weight excluding hydrogens is 485 g/mol. The summed E-state index contributed by atoms with van der Waals surface area (Å²) >= 11 is 12.3. The summed E-state index contributed by atoms with van der Waals surface area (Å²) in [6, 6.07) is 14.2. The van der Waals surface area contributed by atoms with Crippen molar-refractivity contribution in [3.63, 3.8) is 0 Å². The summed E-state index contributed by atoms with van der Waals surface area (Å²) in [6.45, 7) is 10.4. The summed E-state index contributed by atoms with van der Waals surface area (Å²) in [6.07, 6.45) is 0.712. The number of benzene rings is 2. The van der Waals surface area contributed by atoms with Gasteiger partial charge in [-0.1, -0.05) is 63.0 Å². The zero-order valence-electron chi connectivity index (χ0n) is 20.7. The number of aryl methyl sites for hydroxylation is 1. The van der Waals surface area contributed by atoms with Gasteiger partial charge < -0.3 is 15.5 Å². The predicted octanol–water partition coefficient (Wildman–Crippen LogP) is 6.67. The van der Waals surface area contributed by atoms with Crippen molar-refractivity contribution < 1.29 is 9.59 Å². The van der Waals surface area contributed by atoms with Gasteiger partial charge in [-0.3, -0.25) is 4.79 Å². The maximum atomic E-state index is 13.1. The van der Waals surface area contributed by atoms with Gasteiger partial charge in [0.15, 0.2) is 0 Å². The number of aromatic nitrogens is 2. The highest BCUT2D eigenvalue weighted by Gasteiger charge is 2.23. The monoisotopic (exact) mass is 515 g/mol. The van der Waals surface area contributed by atoms with Gasteiger partial charge >= 0.3 is 6.03 Å². The van der Waals surface area contributed by atoms with E-state index in [-0.39, 0.29) is 23.9 Å². The first-order chi connectivity index (χ1) is 16.5. The minimum atomic E-state index is -0.334. The van der Waals surface area contributed by atoms with E-state index in [2.05, 4.69) is 10.6 Å². The minimum absolute atomic E-state index is 0.108. The van der Waals surface area contributed by atoms with Crippen LogP contribution in [0.15, 0.2) is 48.5 Å². The van der Waals surface area contributed by atoms with E-state index in [1.165, 1.54) is 4.90 Å². The van der Waals surface area contributed by atoms with Crippen LogP contribution in [0, 0.1) is 6.92 Å². The zero-order chi connectivity index (χ0) is 25.8. The Hall–Kier alpha value is -3.03. The number of amides is 3. The van der Waals surface area contributed by atoms with E-state index in [1.807, 2.05) is 65.0 Å². The quantitative estimate of drug-likeness (QED) is 0.368. The molecular formula is C26H31Cl2N5O2. The van der Waals surface area contributed by atoms with Crippen LogP contribution in [0.4, 0.5) is 16.3 Å². The van der Waals surface area contributed by atoms with Crippen molar-refractivity contribution in [2.24, 2.45) is 0 Å². The van der Waals surface area contributed by atoms with E-state index in [1.54, 1.807) is 22.9 Å². The summed E-state index contributed by atoms with van der Waals surface area (Å²) < 4.78 is 1.62. The average Bonchev–Trinajstić information content (AvgIpc) is 3.19. The number of nitrogens with one attached hydrogen (secondary N) is 2. The molecule has 1 aromatic heterocycles. The molecule has 3 amide bonds. The minimum Gasteiger partial charge on any atom is -0.315 e. The standard InChI is InChI=1S/C26H31Cl2N5O2/c1-6-12-32(25(35)29-18-9-7-8-17(2)13-18)16-24(34)30-23-15-22(26(3,4)5)31-33(23)19-10-11-20(27)21(28)14-19/h7-11,13-15H,6,12,16H2,1-5H3,(H,29,35)(H,30,34). The Morgan fingerprint density at radius 3 is 2.40 bits per heavy atom. The number of hydrogen-bond acceptors (Lipinski definition) is 3. The van der Waals surface area contributed by atoms with Gasteiger partial charge in [-0.2, -0.15) is 5.10 Å². The molecule has 0 spiro atoms. The summed E-state index contributed by atoms with van der Waals surface area (Å²) in [5.74, 6) is 0.147. The van der Waals surface area contributed by atoms with Crippen LogP contribution in [-0.2, 0) is 10.2 Å². The van der Waals surface area contributed by atoms with E-state index < -0.39 is 0 Å². The fourth-order valence-corrected chi connectivity index (χ4v) is 3.75. The fourth-order valence-electron chi connectivity index (χ4n) is 3.45. The second-order valence-corrected chi connectivity index (χ2v) is 10.3. The average molecular weight is 516 g/mol. The third-order valence-corrected chi connectivity index (χ3v) is 6.02. The third kappa shape index (κ3) is 6.99. The molecule has 0 saturated heterocycles. The van der Waals surface area contributed by atoms with Crippen LogP contribution in [0.3, 0.4) is 0 Å². The fraction of sp³-hybridized carbons (Fsp3) is 0.346. The molecule has 0 saturated carbocycles. The number of halogens is 2. The van der Waals surface area contributed by atoms with Crippen molar-refractivity contribution in [2.75, 3.05) is 23.7 Å². The molecule has 0 aliphatic rings. The molecule has 0 radical (unpaired) electrons. The predicted molar refractivity (Wildman–Crippen MR) is 143 cm³/mol. The molecule has 186 valence electrons. The number of rotatable bonds is 7. The molecule has 3 aromatic rings. The number of anilines is 2.